The SMILES string of the molecule is O=C1CCC(C(=O)NCCC(F)(F)F)=NN1. The summed E-state index contributed by atoms with van der Waals surface area (Å²) in [7, 11) is 0. The highest BCUT2D eigenvalue weighted by molar-refractivity contribution is 6.39. The van der Waals surface area contributed by atoms with E-state index in [0.29, 0.717) is 0 Å². The first-order chi connectivity index (χ1) is 7.38. The third-order valence-electron chi connectivity index (χ3n) is 1.86. The molecule has 2 amide bonds. The van der Waals surface area contributed by atoms with Crippen LogP contribution in [-0.4, -0.2) is 30.2 Å². The van der Waals surface area contributed by atoms with Gasteiger partial charge in [0, 0.05) is 19.4 Å². The van der Waals surface area contributed by atoms with Crippen LogP contribution in [0.3, 0.4) is 0 Å². The molecule has 0 radical (unpaired) electrons. The zero-order valence-electron chi connectivity index (χ0n) is 8.23. The van der Waals surface area contributed by atoms with E-state index in [1.807, 2.05) is 0 Å². The molecule has 0 atom stereocenters. The van der Waals surface area contributed by atoms with E-state index >= 15 is 0 Å². The second-order valence-corrected chi connectivity index (χ2v) is 3.21. The summed E-state index contributed by atoms with van der Waals surface area (Å²) < 4.78 is 35.3. The zero-order chi connectivity index (χ0) is 12.2. The number of alkyl halides is 3. The first-order valence-corrected chi connectivity index (χ1v) is 4.59. The van der Waals surface area contributed by atoms with Crippen LogP contribution in [-0.2, 0) is 9.59 Å². The van der Waals surface area contributed by atoms with Crippen molar-refractivity contribution >= 4 is 17.5 Å². The molecule has 1 rings (SSSR count). The number of hydrazone groups is 1. The van der Waals surface area contributed by atoms with E-state index in [1.165, 1.54) is 0 Å². The number of hydrogen-bond donors (Lipinski definition) is 2. The van der Waals surface area contributed by atoms with Gasteiger partial charge in [-0.15, -0.1) is 0 Å². The molecule has 90 valence electrons. The number of hydrogen-bond acceptors (Lipinski definition) is 3. The second kappa shape index (κ2) is 4.95. The van der Waals surface area contributed by atoms with Gasteiger partial charge in [-0.2, -0.15) is 18.3 Å². The van der Waals surface area contributed by atoms with Crippen molar-refractivity contribution in [2.75, 3.05) is 6.54 Å². The number of amides is 2. The molecule has 16 heavy (non-hydrogen) atoms. The first-order valence-electron chi connectivity index (χ1n) is 4.59. The summed E-state index contributed by atoms with van der Waals surface area (Å²) in [5.74, 6) is -0.990. The van der Waals surface area contributed by atoms with Crippen molar-refractivity contribution in [1.29, 1.82) is 0 Å². The highest BCUT2D eigenvalue weighted by Crippen LogP contribution is 2.18. The van der Waals surface area contributed by atoms with E-state index in [9.17, 15) is 22.8 Å². The van der Waals surface area contributed by atoms with Gasteiger partial charge in [0.2, 0.25) is 5.91 Å². The molecule has 0 saturated carbocycles. The van der Waals surface area contributed by atoms with Crippen LogP contribution in [0.4, 0.5) is 13.2 Å². The van der Waals surface area contributed by atoms with Crippen molar-refractivity contribution in [2.24, 2.45) is 5.10 Å². The van der Waals surface area contributed by atoms with Crippen LogP contribution in [0.15, 0.2) is 5.10 Å². The lowest BCUT2D eigenvalue weighted by molar-refractivity contribution is -0.134. The van der Waals surface area contributed by atoms with Crippen LogP contribution in [0.25, 0.3) is 0 Å². The predicted molar refractivity (Wildman–Crippen MR) is 48.5 cm³/mol. The molecule has 0 saturated heterocycles. The maximum absolute atomic E-state index is 11.8. The monoisotopic (exact) mass is 237 g/mol. The highest BCUT2D eigenvalue weighted by Gasteiger charge is 2.27. The molecule has 0 aliphatic carbocycles. The van der Waals surface area contributed by atoms with E-state index in [4.69, 9.17) is 0 Å². The Balaban J connectivity index is 2.33. The summed E-state index contributed by atoms with van der Waals surface area (Å²) in [4.78, 5) is 21.9. The fraction of sp³-hybridized carbons (Fsp3) is 0.625. The predicted octanol–water partition coefficient (Wildman–Crippen LogP) is 0.321. The van der Waals surface area contributed by atoms with Gasteiger partial charge in [-0.1, -0.05) is 0 Å². The minimum Gasteiger partial charge on any atom is -0.351 e. The van der Waals surface area contributed by atoms with E-state index < -0.39 is 25.0 Å². The number of nitrogens with zero attached hydrogens (tertiary/aromatic N) is 1. The van der Waals surface area contributed by atoms with Crippen molar-refractivity contribution in [3.05, 3.63) is 0 Å². The quantitative estimate of drug-likeness (QED) is 0.742. The highest BCUT2D eigenvalue weighted by atomic mass is 19.4. The van der Waals surface area contributed by atoms with Crippen molar-refractivity contribution in [1.82, 2.24) is 10.7 Å². The molecule has 0 aromatic carbocycles. The van der Waals surface area contributed by atoms with Gasteiger partial charge in [-0.3, -0.25) is 9.59 Å². The molecular formula is C8H10F3N3O2. The largest absolute Gasteiger partial charge is 0.390 e. The fourth-order valence-corrected chi connectivity index (χ4v) is 1.06. The molecule has 0 aromatic heterocycles. The average molecular weight is 237 g/mol. The molecule has 0 aromatic rings. The molecule has 0 fully saturated rings. The number of carbonyl (C=O) groups is 2. The Hall–Kier alpha value is -1.60. The van der Waals surface area contributed by atoms with E-state index in [0.717, 1.165) is 0 Å². The number of rotatable bonds is 3. The maximum Gasteiger partial charge on any atom is 0.390 e. The summed E-state index contributed by atoms with van der Waals surface area (Å²) in [5.41, 5.74) is 2.13. The molecule has 0 bridgehead atoms. The van der Waals surface area contributed by atoms with Gasteiger partial charge in [-0.25, -0.2) is 5.43 Å². The molecular weight excluding hydrogens is 227 g/mol. The summed E-state index contributed by atoms with van der Waals surface area (Å²) in [6.07, 6.45) is -5.12. The second-order valence-electron chi connectivity index (χ2n) is 3.21. The minimum absolute atomic E-state index is 0.0433. The van der Waals surface area contributed by atoms with Gasteiger partial charge in [-0.05, 0) is 0 Å². The number of carbonyl (C=O) groups excluding carboxylic acids is 2. The van der Waals surface area contributed by atoms with Gasteiger partial charge >= 0.3 is 6.18 Å². The topological polar surface area (TPSA) is 70.6 Å². The normalized spacial score (nSPS) is 16.4. The Morgan fingerprint density at radius 1 is 1.44 bits per heavy atom. The summed E-state index contributed by atoms with van der Waals surface area (Å²) >= 11 is 0. The van der Waals surface area contributed by atoms with Crippen LogP contribution >= 0.6 is 0 Å². The molecule has 5 nitrogen and oxygen atoms in total. The van der Waals surface area contributed by atoms with E-state index in [2.05, 4.69) is 15.8 Å². The Kier molecular flexibility index (Phi) is 3.86. The van der Waals surface area contributed by atoms with Crippen molar-refractivity contribution in [2.45, 2.75) is 25.4 Å². The smallest absolute Gasteiger partial charge is 0.351 e. The van der Waals surface area contributed by atoms with Gasteiger partial charge < -0.3 is 5.32 Å². The average Bonchev–Trinajstić information content (AvgIpc) is 2.16. The standard InChI is InChI=1S/C8H10F3N3O2/c9-8(10,11)3-4-12-7(16)5-1-2-6(15)14-13-5/h1-4H2,(H,12,16)(H,14,15). The Bertz CT molecular complexity index is 325. The lowest BCUT2D eigenvalue weighted by atomic mass is 10.1. The van der Waals surface area contributed by atoms with Gasteiger partial charge in [0.15, 0.2) is 0 Å². The van der Waals surface area contributed by atoms with Crippen molar-refractivity contribution in [3.8, 4) is 0 Å². The van der Waals surface area contributed by atoms with Crippen LogP contribution in [0.2, 0.25) is 0 Å². The Morgan fingerprint density at radius 3 is 2.62 bits per heavy atom. The molecule has 0 spiro atoms. The van der Waals surface area contributed by atoms with Gasteiger partial charge in [0.05, 0.1) is 6.42 Å². The molecule has 1 aliphatic heterocycles. The van der Waals surface area contributed by atoms with Crippen LogP contribution in [0.5, 0.6) is 0 Å². The molecule has 1 aliphatic rings. The first kappa shape index (κ1) is 12.5. The van der Waals surface area contributed by atoms with Crippen LogP contribution < -0.4 is 10.7 Å². The summed E-state index contributed by atoms with van der Waals surface area (Å²) in [5, 5.41) is 5.53. The summed E-state index contributed by atoms with van der Waals surface area (Å²) in [6, 6.07) is 0. The molecule has 8 heteroatoms. The van der Waals surface area contributed by atoms with E-state index in [1.54, 1.807) is 0 Å². The fourth-order valence-electron chi connectivity index (χ4n) is 1.06. The third-order valence-corrected chi connectivity index (χ3v) is 1.86. The van der Waals surface area contributed by atoms with Gasteiger partial charge in [0.25, 0.3) is 5.91 Å². The third kappa shape index (κ3) is 4.28. The number of nitrogens with one attached hydrogen (secondary N) is 2. The lowest BCUT2D eigenvalue weighted by Gasteiger charge is -2.12. The number of halogens is 3. The van der Waals surface area contributed by atoms with Crippen molar-refractivity contribution in [3.63, 3.8) is 0 Å². The van der Waals surface area contributed by atoms with Crippen molar-refractivity contribution < 1.29 is 22.8 Å². The molecule has 2 N–H and O–H groups in total. The van der Waals surface area contributed by atoms with Gasteiger partial charge in [0.1, 0.15) is 5.71 Å². The lowest BCUT2D eigenvalue weighted by Crippen LogP contribution is -2.38. The molecule has 1 heterocycles. The van der Waals surface area contributed by atoms with Crippen LogP contribution in [0.1, 0.15) is 19.3 Å². The maximum atomic E-state index is 11.8. The molecule has 0 unspecified atom stereocenters. The Labute approximate surface area is 89.1 Å². The Morgan fingerprint density at radius 2 is 2.12 bits per heavy atom. The minimum atomic E-state index is -4.30. The summed E-state index contributed by atoms with van der Waals surface area (Å²) in [6.45, 7) is -0.491. The van der Waals surface area contributed by atoms with Crippen LogP contribution in [0, 0.1) is 0 Å². The zero-order valence-corrected chi connectivity index (χ0v) is 8.23. The van der Waals surface area contributed by atoms with E-state index in [-0.39, 0.29) is 24.5 Å².